The van der Waals surface area contributed by atoms with Gasteiger partial charge in [0.25, 0.3) is 0 Å². The van der Waals surface area contributed by atoms with Crippen LogP contribution in [-0.4, -0.2) is 15.6 Å². The molecule has 1 atom stereocenters. The van der Waals surface area contributed by atoms with Gasteiger partial charge in [0.1, 0.15) is 5.84 Å². The molecule has 14 heavy (non-hydrogen) atoms. The quantitative estimate of drug-likeness (QED) is 0.542. The first-order valence-corrected chi connectivity index (χ1v) is 4.75. The van der Waals surface area contributed by atoms with Gasteiger partial charge in [0, 0.05) is 13.2 Å². The first-order valence-electron chi connectivity index (χ1n) is 4.75. The molecule has 4 nitrogen and oxygen atoms in total. The van der Waals surface area contributed by atoms with Crippen molar-refractivity contribution in [3.05, 3.63) is 18.0 Å². The van der Waals surface area contributed by atoms with Crippen molar-refractivity contribution in [3.8, 4) is 0 Å². The lowest BCUT2D eigenvalue weighted by molar-refractivity contribution is 0.545. The molecule has 76 valence electrons. The first-order chi connectivity index (χ1) is 6.42. The van der Waals surface area contributed by atoms with Gasteiger partial charge in [-0.15, -0.1) is 0 Å². The maximum absolute atomic E-state index is 7.72. The van der Waals surface area contributed by atoms with E-state index in [9.17, 15) is 0 Å². The second kappa shape index (κ2) is 2.38. The van der Waals surface area contributed by atoms with E-state index in [4.69, 9.17) is 11.1 Å². The standard InChI is InChI=1S/C10H16N4/c1-9(2)6-10(9,8(11)12)7-4-5-13-14(7)3/h4-5H,6H2,1-3H3,(H3,11,12). The van der Waals surface area contributed by atoms with Crippen LogP contribution in [0, 0.1) is 10.8 Å². The van der Waals surface area contributed by atoms with Crippen molar-refractivity contribution in [3.63, 3.8) is 0 Å². The molecular weight excluding hydrogens is 176 g/mol. The van der Waals surface area contributed by atoms with Crippen molar-refractivity contribution < 1.29 is 0 Å². The molecule has 0 radical (unpaired) electrons. The number of hydrogen-bond acceptors (Lipinski definition) is 2. The molecule has 1 heterocycles. The zero-order valence-electron chi connectivity index (χ0n) is 8.83. The summed E-state index contributed by atoms with van der Waals surface area (Å²) >= 11 is 0. The number of nitrogens with one attached hydrogen (secondary N) is 1. The van der Waals surface area contributed by atoms with Gasteiger partial charge in [-0.1, -0.05) is 13.8 Å². The van der Waals surface area contributed by atoms with Crippen LogP contribution in [0.5, 0.6) is 0 Å². The van der Waals surface area contributed by atoms with E-state index in [1.807, 2.05) is 17.8 Å². The monoisotopic (exact) mass is 192 g/mol. The average molecular weight is 192 g/mol. The van der Waals surface area contributed by atoms with E-state index in [0.717, 1.165) is 12.1 Å². The second-order valence-electron chi connectivity index (χ2n) is 4.72. The fraction of sp³-hybridized carbons (Fsp3) is 0.600. The van der Waals surface area contributed by atoms with Crippen LogP contribution in [0.3, 0.4) is 0 Å². The van der Waals surface area contributed by atoms with Crippen molar-refractivity contribution in [1.82, 2.24) is 9.78 Å². The fourth-order valence-electron chi connectivity index (χ4n) is 2.45. The van der Waals surface area contributed by atoms with E-state index >= 15 is 0 Å². The van der Waals surface area contributed by atoms with E-state index in [-0.39, 0.29) is 16.7 Å². The Labute approximate surface area is 83.6 Å². The molecule has 0 amide bonds. The maximum Gasteiger partial charge on any atom is 0.104 e. The van der Waals surface area contributed by atoms with Crippen LogP contribution < -0.4 is 5.73 Å². The van der Waals surface area contributed by atoms with Gasteiger partial charge in [0.05, 0.1) is 11.1 Å². The van der Waals surface area contributed by atoms with Gasteiger partial charge < -0.3 is 5.73 Å². The van der Waals surface area contributed by atoms with Gasteiger partial charge in [-0.2, -0.15) is 5.10 Å². The number of rotatable bonds is 2. The van der Waals surface area contributed by atoms with E-state index in [2.05, 4.69) is 18.9 Å². The lowest BCUT2D eigenvalue weighted by Crippen LogP contribution is -2.33. The smallest absolute Gasteiger partial charge is 0.104 e. The molecule has 4 heteroatoms. The molecular formula is C10H16N4. The van der Waals surface area contributed by atoms with E-state index < -0.39 is 0 Å². The van der Waals surface area contributed by atoms with Crippen molar-refractivity contribution >= 4 is 5.84 Å². The Morgan fingerprint density at radius 3 is 2.50 bits per heavy atom. The van der Waals surface area contributed by atoms with E-state index in [0.29, 0.717) is 0 Å². The number of aryl methyl sites for hydroxylation is 1. The topological polar surface area (TPSA) is 67.7 Å². The van der Waals surface area contributed by atoms with Crippen molar-refractivity contribution in [2.45, 2.75) is 25.7 Å². The summed E-state index contributed by atoms with van der Waals surface area (Å²) < 4.78 is 1.82. The highest BCUT2D eigenvalue weighted by Crippen LogP contribution is 2.63. The van der Waals surface area contributed by atoms with Gasteiger partial charge in [0.15, 0.2) is 0 Å². The molecule has 1 fully saturated rings. The molecule has 1 aliphatic rings. The van der Waals surface area contributed by atoms with Gasteiger partial charge in [0.2, 0.25) is 0 Å². The predicted octanol–water partition coefficient (Wildman–Crippen LogP) is 1.02. The minimum Gasteiger partial charge on any atom is -0.387 e. The third kappa shape index (κ3) is 0.882. The summed E-state index contributed by atoms with van der Waals surface area (Å²) in [5.41, 5.74) is 6.57. The minimum atomic E-state index is -0.280. The largest absolute Gasteiger partial charge is 0.387 e. The second-order valence-corrected chi connectivity index (χ2v) is 4.72. The number of nitrogens with two attached hydrogens (primary N) is 1. The molecule has 1 aromatic heterocycles. The van der Waals surface area contributed by atoms with E-state index in [1.165, 1.54) is 0 Å². The van der Waals surface area contributed by atoms with Gasteiger partial charge >= 0.3 is 0 Å². The highest BCUT2D eigenvalue weighted by molar-refractivity contribution is 5.93. The molecule has 1 unspecified atom stereocenters. The normalized spacial score (nSPS) is 28.8. The number of aromatic nitrogens is 2. The SMILES string of the molecule is Cn1nccc1C1(C(=N)N)CC1(C)C. The van der Waals surface area contributed by atoms with Crippen molar-refractivity contribution in [2.24, 2.45) is 18.2 Å². The highest BCUT2D eigenvalue weighted by Gasteiger charge is 2.65. The summed E-state index contributed by atoms with van der Waals surface area (Å²) in [7, 11) is 1.90. The summed E-state index contributed by atoms with van der Waals surface area (Å²) in [6.45, 7) is 4.28. The summed E-state index contributed by atoms with van der Waals surface area (Å²) in [5, 5.41) is 11.9. The minimum absolute atomic E-state index is 0.0899. The molecule has 2 rings (SSSR count). The molecule has 0 aliphatic heterocycles. The zero-order valence-corrected chi connectivity index (χ0v) is 8.83. The average Bonchev–Trinajstić information content (AvgIpc) is 2.44. The fourth-order valence-corrected chi connectivity index (χ4v) is 2.45. The van der Waals surface area contributed by atoms with E-state index in [1.54, 1.807) is 6.20 Å². The van der Waals surface area contributed by atoms with Gasteiger partial charge in [-0.3, -0.25) is 10.1 Å². The number of hydrogen-bond donors (Lipinski definition) is 2. The van der Waals surface area contributed by atoms with Crippen molar-refractivity contribution in [2.75, 3.05) is 0 Å². The van der Waals surface area contributed by atoms with Crippen LogP contribution in [0.15, 0.2) is 12.3 Å². The lowest BCUT2D eigenvalue weighted by atomic mass is 9.91. The lowest BCUT2D eigenvalue weighted by Gasteiger charge is -2.19. The molecule has 1 aromatic rings. The summed E-state index contributed by atoms with van der Waals surface area (Å²) in [4.78, 5) is 0. The Balaban J connectivity index is 2.52. The number of amidine groups is 1. The van der Waals surface area contributed by atoms with Crippen LogP contribution in [0.2, 0.25) is 0 Å². The Morgan fingerprint density at radius 2 is 2.21 bits per heavy atom. The van der Waals surface area contributed by atoms with Crippen LogP contribution in [-0.2, 0) is 12.5 Å². The number of nitrogens with zero attached hydrogens (tertiary/aromatic N) is 2. The Hall–Kier alpha value is -1.32. The highest BCUT2D eigenvalue weighted by atomic mass is 15.3. The molecule has 0 saturated heterocycles. The van der Waals surface area contributed by atoms with Crippen LogP contribution >= 0.6 is 0 Å². The van der Waals surface area contributed by atoms with Gasteiger partial charge in [-0.05, 0) is 17.9 Å². The molecule has 1 saturated carbocycles. The third-order valence-corrected chi connectivity index (χ3v) is 3.46. The van der Waals surface area contributed by atoms with Crippen molar-refractivity contribution in [1.29, 1.82) is 5.41 Å². The summed E-state index contributed by atoms with van der Waals surface area (Å²) in [5.74, 6) is 0.256. The zero-order chi connectivity index (χ0) is 10.6. The third-order valence-electron chi connectivity index (χ3n) is 3.46. The van der Waals surface area contributed by atoms with Crippen LogP contribution in [0.25, 0.3) is 0 Å². The molecule has 0 bridgehead atoms. The van der Waals surface area contributed by atoms with Gasteiger partial charge in [-0.25, -0.2) is 0 Å². The summed E-state index contributed by atoms with van der Waals surface area (Å²) in [6.07, 6.45) is 2.70. The molecule has 1 aliphatic carbocycles. The van der Waals surface area contributed by atoms with Crippen LogP contribution in [0.4, 0.5) is 0 Å². The predicted molar refractivity (Wildman–Crippen MR) is 55.2 cm³/mol. The molecule has 3 N–H and O–H groups in total. The maximum atomic E-state index is 7.72. The Morgan fingerprint density at radius 1 is 1.64 bits per heavy atom. The molecule has 0 aromatic carbocycles. The Kier molecular flexibility index (Phi) is 1.57. The van der Waals surface area contributed by atoms with Crippen LogP contribution in [0.1, 0.15) is 26.0 Å². The Bertz CT molecular complexity index is 391. The molecule has 0 spiro atoms. The summed E-state index contributed by atoms with van der Waals surface area (Å²) in [6, 6.07) is 1.95. The first kappa shape index (κ1) is 9.24.